The molecule has 5 nitrogen and oxygen atoms in total. The van der Waals surface area contributed by atoms with Crippen molar-refractivity contribution in [1.29, 1.82) is 0 Å². The molecule has 2 unspecified atom stereocenters. The van der Waals surface area contributed by atoms with E-state index in [2.05, 4.69) is 10.8 Å². The summed E-state index contributed by atoms with van der Waals surface area (Å²) in [5.41, 5.74) is -0.170. The summed E-state index contributed by atoms with van der Waals surface area (Å²) < 4.78 is 143. The van der Waals surface area contributed by atoms with E-state index in [-0.39, 0.29) is 12.0 Å². The molecule has 1 N–H and O–H groups in total. The third-order valence-corrected chi connectivity index (χ3v) is 6.35. The van der Waals surface area contributed by atoms with Crippen molar-refractivity contribution in [2.45, 2.75) is 68.3 Å². The van der Waals surface area contributed by atoms with Crippen LogP contribution in [0.15, 0.2) is 12.2 Å². The molecule has 2 aliphatic rings. The molecule has 182 valence electrons. The monoisotopic (exact) mass is 490 g/mol. The molecule has 1 fully saturated rings. The molecular formula is C17H22F8O5S. The van der Waals surface area contributed by atoms with Gasteiger partial charge in [-0.25, -0.2) is 4.74 Å². The third kappa shape index (κ3) is 5.69. The minimum Gasteiger partial charge on any atom is -0.381 e. The van der Waals surface area contributed by atoms with E-state index in [4.69, 9.17) is 9.29 Å². The van der Waals surface area contributed by atoms with E-state index in [1.54, 1.807) is 0 Å². The van der Waals surface area contributed by atoms with E-state index in [1.807, 2.05) is 6.08 Å². The minimum atomic E-state index is -6.93. The Morgan fingerprint density at radius 3 is 2.32 bits per heavy atom. The van der Waals surface area contributed by atoms with Crippen LogP contribution >= 0.6 is 0 Å². The molecule has 0 heterocycles. The van der Waals surface area contributed by atoms with Gasteiger partial charge in [0.2, 0.25) is 0 Å². The first-order chi connectivity index (χ1) is 13.9. The van der Waals surface area contributed by atoms with Crippen molar-refractivity contribution in [3.05, 3.63) is 12.2 Å². The molecule has 0 aromatic carbocycles. The Kier molecular flexibility index (Phi) is 7.41. The van der Waals surface area contributed by atoms with Crippen LogP contribution in [-0.2, 0) is 19.6 Å². The normalized spacial score (nSPS) is 25.6. The van der Waals surface area contributed by atoms with Gasteiger partial charge in [-0.15, -0.1) is 0 Å². The van der Waals surface area contributed by atoms with Crippen LogP contribution in [0, 0.1) is 11.3 Å². The van der Waals surface area contributed by atoms with Crippen molar-refractivity contribution >= 4 is 10.1 Å². The smallest absolute Gasteiger partial charge is 0.381 e. The Morgan fingerprint density at radius 1 is 1.06 bits per heavy atom. The van der Waals surface area contributed by atoms with Gasteiger partial charge in [-0.1, -0.05) is 18.6 Å². The van der Waals surface area contributed by atoms with Gasteiger partial charge in [0.1, 0.15) is 0 Å². The predicted molar refractivity (Wildman–Crippen MR) is 90.6 cm³/mol. The molecule has 2 atom stereocenters. The Labute approximate surface area is 173 Å². The fourth-order valence-electron chi connectivity index (χ4n) is 3.83. The first-order valence-electron chi connectivity index (χ1n) is 9.38. The number of hydrogen-bond donors (Lipinski definition) is 1. The van der Waals surface area contributed by atoms with Crippen LogP contribution in [0.5, 0.6) is 0 Å². The summed E-state index contributed by atoms with van der Waals surface area (Å²) in [4.78, 5) is 0. The van der Waals surface area contributed by atoms with Crippen molar-refractivity contribution in [2.24, 2.45) is 11.3 Å². The maximum atomic E-state index is 13.7. The molecule has 0 amide bonds. The molecule has 1 saturated carbocycles. The quantitative estimate of drug-likeness (QED) is 0.186. The number of rotatable bonds is 11. The molecule has 2 aliphatic carbocycles. The molecule has 0 spiro atoms. The number of alkyl halides is 8. The van der Waals surface area contributed by atoms with Gasteiger partial charge >= 0.3 is 33.5 Å². The number of halogens is 8. The molecule has 14 heteroatoms. The highest BCUT2D eigenvalue weighted by molar-refractivity contribution is 7.86. The second-order valence-corrected chi connectivity index (χ2v) is 9.44. The topological polar surface area (TPSA) is 72.8 Å². The van der Waals surface area contributed by atoms with Gasteiger partial charge in [-0.05, 0) is 43.4 Å². The predicted octanol–water partition coefficient (Wildman–Crippen LogP) is 5.24. The third-order valence-electron chi connectivity index (χ3n) is 5.47. The SMILES string of the molecule is O=S(=O)(O)C(F)(F)C(F)(F)OC(F)(F)C(F)(F)CCCOCC12CC=CC(CCC1)C2. The van der Waals surface area contributed by atoms with Crippen LogP contribution < -0.4 is 0 Å². The van der Waals surface area contributed by atoms with Gasteiger partial charge < -0.3 is 4.74 Å². The van der Waals surface area contributed by atoms with Crippen molar-refractivity contribution in [1.82, 2.24) is 0 Å². The van der Waals surface area contributed by atoms with E-state index in [9.17, 15) is 43.5 Å². The van der Waals surface area contributed by atoms with Crippen LogP contribution in [-0.4, -0.2) is 49.6 Å². The van der Waals surface area contributed by atoms with Gasteiger partial charge in [0, 0.05) is 13.0 Å². The van der Waals surface area contributed by atoms with E-state index in [0.717, 1.165) is 32.1 Å². The van der Waals surface area contributed by atoms with Crippen LogP contribution in [0.4, 0.5) is 35.1 Å². The Bertz CT molecular complexity index is 770. The lowest BCUT2D eigenvalue weighted by Crippen LogP contribution is -2.55. The summed E-state index contributed by atoms with van der Waals surface area (Å²) >= 11 is 0. The molecule has 0 aliphatic heterocycles. The zero-order valence-electron chi connectivity index (χ0n) is 16.1. The summed E-state index contributed by atoms with van der Waals surface area (Å²) in [7, 11) is -6.93. The van der Waals surface area contributed by atoms with Crippen LogP contribution in [0.3, 0.4) is 0 Å². The summed E-state index contributed by atoms with van der Waals surface area (Å²) in [5.74, 6) is -4.95. The summed E-state index contributed by atoms with van der Waals surface area (Å²) in [5, 5.41) is -6.58. The number of hydrogen-bond acceptors (Lipinski definition) is 4. The van der Waals surface area contributed by atoms with E-state index in [1.165, 1.54) is 0 Å². The van der Waals surface area contributed by atoms with Gasteiger partial charge in [0.25, 0.3) is 0 Å². The first kappa shape index (κ1) is 26.3. The van der Waals surface area contributed by atoms with Crippen molar-refractivity contribution < 1.29 is 57.6 Å². The maximum Gasteiger partial charge on any atom is 0.460 e. The van der Waals surface area contributed by atoms with Crippen molar-refractivity contribution in [2.75, 3.05) is 13.2 Å². The highest BCUT2D eigenvalue weighted by Gasteiger charge is 2.73. The Morgan fingerprint density at radius 2 is 1.71 bits per heavy atom. The Hall–Kier alpha value is -0.990. The average molecular weight is 490 g/mol. The first-order valence-corrected chi connectivity index (χ1v) is 10.8. The Balaban J connectivity index is 1.88. The molecule has 2 rings (SSSR count). The van der Waals surface area contributed by atoms with E-state index >= 15 is 0 Å². The van der Waals surface area contributed by atoms with Gasteiger partial charge in [0.05, 0.1) is 6.61 Å². The number of allylic oxidation sites excluding steroid dienone is 2. The second-order valence-electron chi connectivity index (χ2n) is 7.98. The van der Waals surface area contributed by atoms with Crippen LogP contribution in [0.1, 0.15) is 44.9 Å². The second kappa shape index (κ2) is 8.75. The van der Waals surface area contributed by atoms with E-state index < -0.39 is 53.0 Å². The fourth-order valence-corrected chi connectivity index (χ4v) is 4.17. The highest BCUT2D eigenvalue weighted by Crippen LogP contribution is 2.48. The average Bonchev–Trinajstić information content (AvgIpc) is 2.59. The van der Waals surface area contributed by atoms with Crippen molar-refractivity contribution in [3.8, 4) is 0 Å². The number of ether oxygens (including phenoxy) is 2. The van der Waals surface area contributed by atoms with Gasteiger partial charge in [0.15, 0.2) is 0 Å². The maximum absolute atomic E-state index is 13.7. The lowest BCUT2D eigenvalue weighted by molar-refractivity contribution is -0.456. The molecule has 0 aromatic heterocycles. The highest BCUT2D eigenvalue weighted by atomic mass is 32.2. The van der Waals surface area contributed by atoms with E-state index in [0.29, 0.717) is 5.92 Å². The zero-order valence-corrected chi connectivity index (χ0v) is 16.9. The molecule has 0 aromatic rings. The molecule has 31 heavy (non-hydrogen) atoms. The summed E-state index contributed by atoms with van der Waals surface area (Å²) in [6.07, 6.45) is -6.76. The van der Waals surface area contributed by atoms with Crippen molar-refractivity contribution in [3.63, 3.8) is 0 Å². The van der Waals surface area contributed by atoms with Crippen LogP contribution in [0.2, 0.25) is 0 Å². The molecule has 2 bridgehead atoms. The molecular weight excluding hydrogens is 468 g/mol. The standard InChI is InChI=1S/C17H22F8O5S/c18-14(19,15(20,21)30-16(22,23)17(24,25)31(26,27)28)8-3-9-29-11-13-6-1-4-12(10-13)5-2-7-13/h1,4,12H,2-3,5-11H2,(H,26,27,28). The van der Waals surface area contributed by atoms with Gasteiger partial charge in [-0.3, -0.25) is 4.55 Å². The molecule has 0 saturated heterocycles. The summed E-state index contributed by atoms with van der Waals surface area (Å²) in [6.45, 7) is -0.218. The largest absolute Gasteiger partial charge is 0.460 e. The number of fused-ring (bicyclic) bond motifs is 2. The fraction of sp³-hybridized carbons (Fsp3) is 0.882. The molecule has 0 radical (unpaired) electrons. The summed E-state index contributed by atoms with van der Waals surface area (Å²) in [6, 6.07) is 0. The van der Waals surface area contributed by atoms with Crippen LogP contribution in [0.25, 0.3) is 0 Å². The van der Waals surface area contributed by atoms with Gasteiger partial charge in [-0.2, -0.15) is 43.5 Å². The zero-order chi connectivity index (χ0) is 23.8. The lowest BCUT2D eigenvalue weighted by Gasteiger charge is -2.42. The minimum absolute atomic E-state index is 0.170. The lowest BCUT2D eigenvalue weighted by atomic mass is 9.65.